The van der Waals surface area contributed by atoms with E-state index in [0.717, 1.165) is 28.3 Å². The van der Waals surface area contributed by atoms with E-state index in [0.29, 0.717) is 5.95 Å². The first-order chi connectivity index (χ1) is 12.3. The molecule has 1 aliphatic rings. The standard InChI is InChI=1S/C18H17N5O2/c1-24-14-7-3-5-12(9-14)16-11-17(23-18(19-16)20-21-22-23)13-6-4-8-15(10-13)25-2/h3-11,17H,1-2H3,(H,19,20,22)/t17-/m0/s1. The Hall–Kier alpha value is -3.35. The molecule has 126 valence electrons. The topological polar surface area (TPSA) is 74.1 Å². The predicted molar refractivity (Wildman–Crippen MR) is 93.5 cm³/mol. The van der Waals surface area contributed by atoms with Crippen LogP contribution in [0.1, 0.15) is 17.2 Å². The number of anilines is 1. The van der Waals surface area contributed by atoms with Crippen molar-refractivity contribution in [1.29, 1.82) is 0 Å². The molecule has 0 aliphatic carbocycles. The Balaban J connectivity index is 1.80. The van der Waals surface area contributed by atoms with Gasteiger partial charge in [0.25, 0.3) is 0 Å². The fourth-order valence-electron chi connectivity index (χ4n) is 2.88. The molecule has 7 nitrogen and oxygen atoms in total. The quantitative estimate of drug-likeness (QED) is 0.790. The number of methoxy groups -OCH3 is 2. The summed E-state index contributed by atoms with van der Waals surface area (Å²) in [5, 5.41) is 15.3. The van der Waals surface area contributed by atoms with E-state index in [1.54, 1.807) is 18.9 Å². The molecule has 4 rings (SSSR count). The molecule has 0 bridgehead atoms. The molecule has 1 aliphatic heterocycles. The van der Waals surface area contributed by atoms with E-state index in [9.17, 15) is 0 Å². The van der Waals surface area contributed by atoms with Crippen LogP contribution in [0.5, 0.6) is 11.5 Å². The van der Waals surface area contributed by atoms with Gasteiger partial charge in [0.2, 0.25) is 5.95 Å². The molecule has 1 N–H and O–H groups in total. The molecular formula is C18H17N5O2. The molecule has 0 unspecified atom stereocenters. The van der Waals surface area contributed by atoms with Gasteiger partial charge in [-0.3, -0.25) is 0 Å². The molecule has 0 amide bonds. The molecule has 7 heteroatoms. The summed E-state index contributed by atoms with van der Waals surface area (Å²) < 4.78 is 12.4. The lowest BCUT2D eigenvalue weighted by molar-refractivity contribution is 0.413. The second-order valence-electron chi connectivity index (χ2n) is 5.61. The van der Waals surface area contributed by atoms with Gasteiger partial charge in [0.05, 0.1) is 14.2 Å². The third-order valence-electron chi connectivity index (χ3n) is 4.14. The average Bonchev–Trinajstić information content (AvgIpc) is 3.16. The van der Waals surface area contributed by atoms with E-state index in [-0.39, 0.29) is 6.04 Å². The molecular weight excluding hydrogens is 318 g/mol. The van der Waals surface area contributed by atoms with Crippen molar-refractivity contribution in [3.8, 4) is 11.5 Å². The van der Waals surface area contributed by atoms with Crippen LogP contribution in [0.25, 0.3) is 5.70 Å². The van der Waals surface area contributed by atoms with Crippen molar-refractivity contribution in [3.05, 3.63) is 65.7 Å². The van der Waals surface area contributed by atoms with Crippen LogP contribution in [-0.2, 0) is 0 Å². The van der Waals surface area contributed by atoms with Crippen LogP contribution in [0.15, 0.2) is 54.6 Å². The Bertz CT molecular complexity index is 934. The first-order valence-electron chi connectivity index (χ1n) is 7.83. The fourth-order valence-corrected chi connectivity index (χ4v) is 2.88. The number of hydrogen-bond acceptors (Lipinski definition) is 6. The Labute approximate surface area is 144 Å². The largest absolute Gasteiger partial charge is 0.497 e. The van der Waals surface area contributed by atoms with Crippen LogP contribution in [0, 0.1) is 0 Å². The van der Waals surface area contributed by atoms with Gasteiger partial charge in [0.1, 0.15) is 17.5 Å². The molecule has 2 aromatic carbocycles. The smallest absolute Gasteiger partial charge is 0.248 e. The number of benzene rings is 2. The minimum absolute atomic E-state index is 0.137. The summed E-state index contributed by atoms with van der Waals surface area (Å²) in [7, 11) is 3.31. The summed E-state index contributed by atoms with van der Waals surface area (Å²) in [5.41, 5.74) is 2.96. The lowest BCUT2D eigenvalue weighted by atomic mass is 10.0. The minimum Gasteiger partial charge on any atom is -0.497 e. The normalized spacial score (nSPS) is 15.8. The predicted octanol–water partition coefficient (Wildman–Crippen LogP) is 2.75. The number of ether oxygens (including phenoxy) is 2. The number of nitrogens with one attached hydrogen (secondary N) is 1. The summed E-state index contributed by atoms with van der Waals surface area (Å²) in [5.74, 6) is 2.18. The third-order valence-corrected chi connectivity index (χ3v) is 4.14. The van der Waals surface area contributed by atoms with Gasteiger partial charge < -0.3 is 14.8 Å². The summed E-state index contributed by atoms with van der Waals surface area (Å²) in [4.78, 5) is 0. The van der Waals surface area contributed by atoms with Gasteiger partial charge >= 0.3 is 0 Å². The van der Waals surface area contributed by atoms with Crippen molar-refractivity contribution in [1.82, 2.24) is 20.2 Å². The monoisotopic (exact) mass is 335 g/mol. The van der Waals surface area contributed by atoms with Crippen LogP contribution in [0.3, 0.4) is 0 Å². The van der Waals surface area contributed by atoms with Gasteiger partial charge in [0.15, 0.2) is 0 Å². The molecule has 0 saturated heterocycles. The van der Waals surface area contributed by atoms with Crippen LogP contribution in [0.4, 0.5) is 5.95 Å². The maximum absolute atomic E-state index is 5.34. The minimum atomic E-state index is -0.137. The summed E-state index contributed by atoms with van der Waals surface area (Å²) in [6, 6.07) is 15.6. The number of tetrazole rings is 1. The number of rotatable bonds is 4. The molecule has 0 radical (unpaired) electrons. The highest BCUT2D eigenvalue weighted by molar-refractivity contribution is 5.77. The van der Waals surface area contributed by atoms with Crippen molar-refractivity contribution in [2.45, 2.75) is 6.04 Å². The van der Waals surface area contributed by atoms with Crippen LogP contribution < -0.4 is 14.8 Å². The van der Waals surface area contributed by atoms with Gasteiger partial charge in [0, 0.05) is 11.3 Å². The van der Waals surface area contributed by atoms with E-state index < -0.39 is 0 Å². The van der Waals surface area contributed by atoms with E-state index in [1.807, 2.05) is 48.5 Å². The van der Waals surface area contributed by atoms with Crippen LogP contribution in [0.2, 0.25) is 0 Å². The Morgan fingerprint density at radius 3 is 2.56 bits per heavy atom. The summed E-state index contributed by atoms with van der Waals surface area (Å²) >= 11 is 0. The van der Waals surface area contributed by atoms with Crippen LogP contribution in [-0.4, -0.2) is 34.4 Å². The molecule has 1 aromatic heterocycles. The number of allylic oxidation sites excluding steroid dienone is 1. The second-order valence-corrected chi connectivity index (χ2v) is 5.61. The number of aromatic nitrogens is 4. The van der Waals surface area contributed by atoms with Gasteiger partial charge in [-0.1, -0.05) is 29.4 Å². The van der Waals surface area contributed by atoms with Crippen molar-refractivity contribution in [2.24, 2.45) is 0 Å². The highest BCUT2D eigenvalue weighted by Gasteiger charge is 2.24. The fraction of sp³-hybridized carbons (Fsp3) is 0.167. The Morgan fingerprint density at radius 2 is 1.76 bits per heavy atom. The Kier molecular flexibility index (Phi) is 3.81. The Morgan fingerprint density at radius 1 is 1.00 bits per heavy atom. The van der Waals surface area contributed by atoms with Gasteiger partial charge in [-0.2, -0.15) is 4.68 Å². The van der Waals surface area contributed by atoms with E-state index in [1.165, 1.54) is 0 Å². The van der Waals surface area contributed by atoms with E-state index in [2.05, 4.69) is 26.9 Å². The van der Waals surface area contributed by atoms with Crippen molar-refractivity contribution >= 4 is 11.6 Å². The van der Waals surface area contributed by atoms with Gasteiger partial charge in [-0.05, 0) is 46.3 Å². The number of nitrogens with zero attached hydrogens (tertiary/aromatic N) is 4. The maximum atomic E-state index is 5.34. The third kappa shape index (κ3) is 2.80. The lowest BCUT2D eigenvalue weighted by Gasteiger charge is -2.24. The summed E-state index contributed by atoms with van der Waals surface area (Å²) in [6.45, 7) is 0. The zero-order chi connectivity index (χ0) is 17.2. The zero-order valence-electron chi connectivity index (χ0n) is 13.9. The van der Waals surface area contributed by atoms with Crippen LogP contribution >= 0.6 is 0 Å². The maximum Gasteiger partial charge on any atom is 0.248 e. The SMILES string of the molecule is COc1cccc(C2=C[C@@H](c3cccc(OC)c3)n3nnnc3N2)c1. The molecule has 0 saturated carbocycles. The highest BCUT2D eigenvalue weighted by Crippen LogP contribution is 2.33. The highest BCUT2D eigenvalue weighted by atomic mass is 16.5. The molecule has 3 aromatic rings. The van der Waals surface area contributed by atoms with Crippen molar-refractivity contribution in [2.75, 3.05) is 19.5 Å². The molecule has 0 fully saturated rings. The second kappa shape index (κ2) is 6.27. The first-order valence-corrected chi connectivity index (χ1v) is 7.83. The van der Waals surface area contributed by atoms with E-state index in [4.69, 9.17) is 9.47 Å². The van der Waals surface area contributed by atoms with Crippen molar-refractivity contribution in [3.63, 3.8) is 0 Å². The molecule has 1 atom stereocenters. The molecule has 25 heavy (non-hydrogen) atoms. The average molecular weight is 335 g/mol. The van der Waals surface area contributed by atoms with Gasteiger partial charge in [-0.15, -0.1) is 0 Å². The molecule has 2 heterocycles. The number of hydrogen-bond donors (Lipinski definition) is 1. The van der Waals surface area contributed by atoms with E-state index >= 15 is 0 Å². The zero-order valence-corrected chi connectivity index (χ0v) is 13.9. The van der Waals surface area contributed by atoms with Gasteiger partial charge in [-0.25, -0.2) is 0 Å². The lowest BCUT2D eigenvalue weighted by Crippen LogP contribution is -2.20. The van der Waals surface area contributed by atoms with Crippen molar-refractivity contribution < 1.29 is 9.47 Å². The first kappa shape index (κ1) is 15.2. The number of fused-ring (bicyclic) bond motifs is 1. The summed E-state index contributed by atoms with van der Waals surface area (Å²) in [6.07, 6.45) is 2.09. The molecule has 0 spiro atoms.